The zero-order chi connectivity index (χ0) is 14.7. The second-order valence-electron chi connectivity index (χ2n) is 4.50. The van der Waals surface area contributed by atoms with Crippen LogP contribution < -0.4 is 10.5 Å². The van der Waals surface area contributed by atoms with Crippen LogP contribution in [0.1, 0.15) is 25.3 Å². The summed E-state index contributed by atoms with van der Waals surface area (Å²) >= 11 is 0. The number of nitro groups is 1. The van der Waals surface area contributed by atoms with E-state index >= 15 is 0 Å². The van der Waals surface area contributed by atoms with Gasteiger partial charge in [-0.25, -0.2) is 4.98 Å². The van der Waals surface area contributed by atoms with E-state index in [1.54, 1.807) is 6.07 Å². The Bertz CT molecular complexity index is 643. The lowest BCUT2D eigenvalue weighted by atomic mass is 10.0. The van der Waals surface area contributed by atoms with Gasteiger partial charge in [-0.05, 0) is 23.6 Å². The molecule has 7 nitrogen and oxygen atoms in total. The van der Waals surface area contributed by atoms with Crippen molar-refractivity contribution < 1.29 is 9.66 Å². The summed E-state index contributed by atoms with van der Waals surface area (Å²) in [5.41, 5.74) is 6.12. The van der Waals surface area contributed by atoms with E-state index in [-0.39, 0.29) is 11.7 Å². The Balaban J connectivity index is 2.38. The molecule has 0 aliphatic carbocycles. The average molecular weight is 274 g/mol. The topological polar surface area (TPSA) is 104 Å². The molecule has 0 bridgehead atoms. The molecule has 7 heteroatoms. The number of nitrogens with two attached hydrogens (primary N) is 1. The number of aromatic nitrogens is 2. The minimum absolute atomic E-state index is 0.164. The van der Waals surface area contributed by atoms with Crippen molar-refractivity contribution in [2.75, 3.05) is 5.73 Å². The number of hydrogen-bond donors (Lipinski definition) is 1. The van der Waals surface area contributed by atoms with Crippen LogP contribution in [0.3, 0.4) is 0 Å². The van der Waals surface area contributed by atoms with E-state index in [9.17, 15) is 10.1 Å². The van der Waals surface area contributed by atoms with E-state index in [1.807, 2.05) is 32.0 Å². The Hall–Kier alpha value is -2.70. The van der Waals surface area contributed by atoms with Crippen LogP contribution in [0.4, 0.5) is 11.5 Å². The van der Waals surface area contributed by atoms with Crippen molar-refractivity contribution in [1.82, 2.24) is 9.97 Å². The van der Waals surface area contributed by atoms with Gasteiger partial charge in [0.15, 0.2) is 0 Å². The van der Waals surface area contributed by atoms with Gasteiger partial charge >= 0.3 is 11.6 Å². The molecule has 1 aromatic heterocycles. The van der Waals surface area contributed by atoms with Gasteiger partial charge < -0.3 is 10.5 Å². The summed E-state index contributed by atoms with van der Waals surface area (Å²) in [6, 6.07) is 7.29. The molecule has 2 aromatic rings. The third-order valence-corrected chi connectivity index (χ3v) is 2.74. The standard InChI is InChI=1S/C13H14N4O3/c1-8(2)9-4-3-5-10(6-9)20-13-11(17(18)19)12(14)15-7-16-13/h3-8H,1-2H3,(H2,14,15,16). The first kappa shape index (κ1) is 13.7. The van der Waals surface area contributed by atoms with E-state index in [2.05, 4.69) is 9.97 Å². The van der Waals surface area contributed by atoms with Crippen LogP contribution in [-0.4, -0.2) is 14.9 Å². The van der Waals surface area contributed by atoms with Crippen molar-refractivity contribution in [1.29, 1.82) is 0 Å². The fraction of sp³-hybridized carbons (Fsp3) is 0.231. The molecule has 20 heavy (non-hydrogen) atoms. The largest absolute Gasteiger partial charge is 0.434 e. The molecule has 104 valence electrons. The Morgan fingerprint density at radius 2 is 2.10 bits per heavy atom. The highest BCUT2D eigenvalue weighted by Gasteiger charge is 2.23. The van der Waals surface area contributed by atoms with Crippen LogP contribution in [0.2, 0.25) is 0 Å². The van der Waals surface area contributed by atoms with Gasteiger partial charge in [-0.1, -0.05) is 26.0 Å². The van der Waals surface area contributed by atoms with Gasteiger partial charge in [0.05, 0.1) is 4.92 Å². The van der Waals surface area contributed by atoms with Gasteiger partial charge in [-0.15, -0.1) is 0 Å². The highest BCUT2D eigenvalue weighted by Crippen LogP contribution is 2.33. The van der Waals surface area contributed by atoms with Crippen LogP contribution in [0, 0.1) is 10.1 Å². The molecule has 0 saturated carbocycles. The second-order valence-corrected chi connectivity index (χ2v) is 4.50. The normalized spacial score (nSPS) is 10.6. The van der Waals surface area contributed by atoms with E-state index in [4.69, 9.17) is 10.5 Å². The highest BCUT2D eigenvalue weighted by atomic mass is 16.6. The van der Waals surface area contributed by atoms with Crippen LogP contribution in [0.5, 0.6) is 11.6 Å². The molecule has 0 aliphatic rings. The minimum Gasteiger partial charge on any atom is -0.434 e. The van der Waals surface area contributed by atoms with Crippen LogP contribution in [0.15, 0.2) is 30.6 Å². The molecule has 1 aromatic carbocycles. The van der Waals surface area contributed by atoms with Crippen molar-refractivity contribution in [2.24, 2.45) is 0 Å². The lowest BCUT2D eigenvalue weighted by Crippen LogP contribution is -2.02. The number of anilines is 1. The maximum absolute atomic E-state index is 11.0. The summed E-state index contributed by atoms with van der Waals surface area (Å²) in [4.78, 5) is 17.7. The van der Waals surface area contributed by atoms with Gasteiger partial charge in [0.1, 0.15) is 12.1 Å². The SMILES string of the molecule is CC(C)c1cccc(Oc2ncnc(N)c2[N+](=O)[O-])c1. The zero-order valence-corrected chi connectivity index (χ0v) is 11.1. The summed E-state index contributed by atoms with van der Waals surface area (Å²) in [5.74, 6) is 0.407. The molecule has 2 N–H and O–H groups in total. The molecule has 1 heterocycles. The monoisotopic (exact) mass is 274 g/mol. The average Bonchev–Trinajstić information content (AvgIpc) is 2.38. The van der Waals surface area contributed by atoms with Crippen LogP contribution in [0.25, 0.3) is 0 Å². The fourth-order valence-corrected chi connectivity index (χ4v) is 1.67. The maximum atomic E-state index is 11.0. The Labute approximate surface area is 115 Å². The molecule has 0 fully saturated rings. The Morgan fingerprint density at radius 1 is 1.35 bits per heavy atom. The number of hydrogen-bond acceptors (Lipinski definition) is 6. The van der Waals surface area contributed by atoms with Gasteiger partial charge in [-0.2, -0.15) is 4.98 Å². The van der Waals surface area contributed by atoms with E-state index < -0.39 is 10.6 Å². The lowest BCUT2D eigenvalue weighted by Gasteiger charge is -2.09. The van der Waals surface area contributed by atoms with Crippen molar-refractivity contribution >= 4 is 11.5 Å². The molecule has 2 rings (SSSR count). The third kappa shape index (κ3) is 2.82. The lowest BCUT2D eigenvalue weighted by molar-refractivity contribution is -0.385. The quantitative estimate of drug-likeness (QED) is 0.679. The van der Waals surface area contributed by atoms with Gasteiger partial charge in [0.25, 0.3) is 0 Å². The van der Waals surface area contributed by atoms with Crippen LogP contribution in [-0.2, 0) is 0 Å². The summed E-state index contributed by atoms with van der Waals surface area (Å²) in [7, 11) is 0. The number of nitrogen functional groups attached to an aromatic ring is 1. The number of rotatable bonds is 4. The second kappa shape index (κ2) is 5.52. The smallest absolute Gasteiger partial charge is 0.372 e. The predicted molar refractivity (Wildman–Crippen MR) is 73.7 cm³/mol. The fourth-order valence-electron chi connectivity index (χ4n) is 1.67. The Morgan fingerprint density at radius 3 is 2.75 bits per heavy atom. The Kier molecular flexibility index (Phi) is 3.79. The molecule has 0 aliphatic heterocycles. The van der Waals surface area contributed by atoms with E-state index in [1.165, 1.54) is 0 Å². The van der Waals surface area contributed by atoms with Crippen LogP contribution >= 0.6 is 0 Å². The number of ether oxygens (including phenoxy) is 1. The summed E-state index contributed by atoms with van der Waals surface area (Å²) < 4.78 is 5.47. The number of nitrogens with zero attached hydrogens (tertiary/aromatic N) is 3. The van der Waals surface area contributed by atoms with Crippen molar-refractivity contribution in [3.8, 4) is 11.6 Å². The van der Waals surface area contributed by atoms with Crippen molar-refractivity contribution in [2.45, 2.75) is 19.8 Å². The molecular weight excluding hydrogens is 260 g/mol. The summed E-state index contributed by atoms with van der Waals surface area (Å²) in [6.07, 6.45) is 1.13. The third-order valence-electron chi connectivity index (χ3n) is 2.74. The van der Waals surface area contributed by atoms with Crippen molar-refractivity contribution in [3.63, 3.8) is 0 Å². The number of benzene rings is 1. The highest BCUT2D eigenvalue weighted by molar-refractivity contribution is 5.58. The first-order valence-corrected chi connectivity index (χ1v) is 6.01. The first-order chi connectivity index (χ1) is 9.49. The molecule has 0 unspecified atom stereocenters. The molecule has 0 amide bonds. The molecule has 0 spiro atoms. The zero-order valence-electron chi connectivity index (χ0n) is 11.1. The van der Waals surface area contributed by atoms with Crippen molar-refractivity contribution in [3.05, 3.63) is 46.3 Å². The van der Waals surface area contributed by atoms with Gasteiger partial charge in [-0.3, -0.25) is 10.1 Å². The maximum Gasteiger partial charge on any atom is 0.372 e. The minimum atomic E-state index is -0.656. The van der Waals surface area contributed by atoms with E-state index in [0.29, 0.717) is 11.7 Å². The molecular formula is C13H14N4O3. The van der Waals surface area contributed by atoms with Gasteiger partial charge in [0.2, 0.25) is 5.82 Å². The molecule has 0 radical (unpaired) electrons. The first-order valence-electron chi connectivity index (χ1n) is 6.01. The van der Waals surface area contributed by atoms with Gasteiger partial charge in [0, 0.05) is 0 Å². The summed E-state index contributed by atoms with van der Waals surface area (Å²) in [5, 5.41) is 11.0. The van der Waals surface area contributed by atoms with E-state index in [0.717, 1.165) is 11.9 Å². The predicted octanol–water partition coefficient (Wildman–Crippen LogP) is 2.88. The summed E-state index contributed by atoms with van der Waals surface area (Å²) in [6.45, 7) is 4.09. The molecule has 0 saturated heterocycles. The molecule has 0 atom stereocenters.